The van der Waals surface area contributed by atoms with E-state index in [0.29, 0.717) is 5.82 Å². The fourth-order valence-corrected chi connectivity index (χ4v) is 9.96. The number of nitrogens with zero attached hydrogens (tertiary/aromatic N) is 5. The predicted molar refractivity (Wildman–Crippen MR) is 302 cm³/mol. The molecule has 72 heavy (non-hydrogen) atoms. The summed E-state index contributed by atoms with van der Waals surface area (Å²) in [5, 5.41) is 2.34. The third-order valence-electron chi connectivity index (χ3n) is 13.6. The van der Waals surface area contributed by atoms with Crippen LogP contribution in [0.15, 0.2) is 255 Å². The van der Waals surface area contributed by atoms with E-state index in [1.165, 1.54) is 27.5 Å². The van der Waals surface area contributed by atoms with Gasteiger partial charge in [-0.15, -0.1) is 0 Å². The highest BCUT2D eigenvalue weighted by molar-refractivity contribution is 6.12. The molecule has 2 heterocycles. The van der Waals surface area contributed by atoms with Crippen molar-refractivity contribution in [1.82, 2.24) is 14.5 Å². The number of para-hydroxylation sites is 4. The van der Waals surface area contributed by atoms with Gasteiger partial charge in [-0.1, -0.05) is 163 Å². The molecule has 5 heteroatoms. The molecule has 0 aliphatic rings. The molecule has 12 rings (SSSR count). The molecule has 0 bridgehead atoms. The summed E-state index contributed by atoms with van der Waals surface area (Å²) in [4.78, 5) is 14.9. The number of hydrogen-bond acceptors (Lipinski definition) is 4. The number of hydrogen-bond donors (Lipinski definition) is 0. The van der Waals surface area contributed by atoms with Crippen molar-refractivity contribution in [3.63, 3.8) is 0 Å². The van der Waals surface area contributed by atoms with E-state index in [1.807, 2.05) is 0 Å². The molecule has 0 N–H and O–H groups in total. The summed E-state index contributed by atoms with van der Waals surface area (Å²) in [6.07, 6.45) is 0. The van der Waals surface area contributed by atoms with Gasteiger partial charge in [0.25, 0.3) is 0 Å². The van der Waals surface area contributed by atoms with Crippen molar-refractivity contribution in [2.24, 2.45) is 0 Å². The summed E-state index contributed by atoms with van der Waals surface area (Å²) >= 11 is 0. The van der Waals surface area contributed by atoms with Crippen molar-refractivity contribution in [3.05, 3.63) is 271 Å². The minimum atomic E-state index is 0.713. The van der Waals surface area contributed by atoms with Crippen molar-refractivity contribution in [2.75, 3.05) is 9.80 Å². The third kappa shape index (κ3) is 8.48. The highest BCUT2D eigenvalue weighted by Gasteiger charge is 2.21. The zero-order valence-corrected chi connectivity index (χ0v) is 40.5. The van der Waals surface area contributed by atoms with Crippen LogP contribution in [0.25, 0.3) is 72.5 Å². The van der Waals surface area contributed by atoms with Crippen LogP contribution in [0.1, 0.15) is 16.7 Å². The van der Waals surface area contributed by atoms with Crippen LogP contribution in [0.2, 0.25) is 0 Å². The zero-order valence-electron chi connectivity index (χ0n) is 40.5. The normalized spacial score (nSPS) is 11.3. The van der Waals surface area contributed by atoms with Gasteiger partial charge in [-0.25, -0.2) is 9.97 Å². The first-order chi connectivity index (χ1) is 35.4. The Hall–Kier alpha value is -9.32. The van der Waals surface area contributed by atoms with Crippen LogP contribution in [-0.4, -0.2) is 14.5 Å². The quantitative estimate of drug-likeness (QED) is 0.130. The van der Waals surface area contributed by atoms with Crippen LogP contribution >= 0.6 is 0 Å². The highest BCUT2D eigenvalue weighted by atomic mass is 15.1. The maximum Gasteiger partial charge on any atom is 0.160 e. The summed E-state index contributed by atoms with van der Waals surface area (Å²) < 4.78 is 2.44. The lowest BCUT2D eigenvalue weighted by atomic mass is 9.99. The van der Waals surface area contributed by atoms with E-state index in [-0.39, 0.29) is 0 Å². The molecule has 2 aromatic heterocycles. The molecule has 0 spiro atoms. The van der Waals surface area contributed by atoms with Gasteiger partial charge < -0.3 is 14.4 Å². The topological polar surface area (TPSA) is 37.2 Å². The molecule has 0 atom stereocenters. The van der Waals surface area contributed by atoms with E-state index in [9.17, 15) is 0 Å². The molecule has 0 aliphatic carbocycles. The van der Waals surface area contributed by atoms with Crippen LogP contribution in [0.4, 0.5) is 34.1 Å². The molecule has 0 amide bonds. The Labute approximate surface area is 421 Å². The summed E-state index contributed by atoms with van der Waals surface area (Å²) in [6, 6.07) is 91.1. The van der Waals surface area contributed by atoms with E-state index in [0.717, 1.165) is 90.1 Å². The van der Waals surface area contributed by atoms with Gasteiger partial charge in [0.2, 0.25) is 0 Å². The van der Waals surface area contributed by atoms with E-state index < -0.39 is 0 Å². The lowest BCUT2D eigenvalue weighted by Crippen LogP contribution is -2.09. The standard InChI is InChI=1S/C67H51N5/c1-46-24-28-50(29-25-46)62-45-63(69-67(68-62)52-30-26-47(2)27-31-52)51-34-32-49(33-35-51)53-36-39-64(48(3)42-53)72-65-40-37-58(70(54-16-8-4-9-17-54)55-18-10-5-11-19-55)43-60(65)61-44-59(38-41-66(61)72)71(56-20-12-6-13-21-56)57-22-14-7-15-23-57/h4-45H,1-3H3. The first kappa shape index (κ1) is 43.9. The second kappa shape index (κ2) is 18.9. The van der Waals surface area contributed by atoms with Crippen molar-refractivity contribution >= 4 is 55.9 Å². The summed E-state index contributed by atoms with van der Waals surface area (Å²) in [6.45, 7) is 6.44. The first-order valence-corrected chi connectivity index (χ1v) is 24.6. The first-order valence-electron chi connectivity index (χ1n) is 24.6. The van der Waals surface area contributed by atoms with Crippen LogP contribution in [0.5, 0.6) is 0 Å². The van der Waals surface area contributed by atoms with Crippen LogP contribution in [-0.2, 0) is 0 Å². The van der Waals surface area contributed by atoms with Crippen LogP contribution < -0.4 is 9.80 Å². The van der Waals surface area contributed by atoms with Crippen molar-refractivity contribution < 1.29 is 0 Å². The number of benzene rings is 10. The molecule has 0 saturated heterocycles. The minimum absolute atomic E-state index is 0.713. The molecule has 344 valence electrons. The Morgan fingerprint density at radius 1 is 0.306 bits per heavy atom. The van der Waals surface area contributed by atoms with Crippen molar-refractivity contribution in [1.29, 1.82) is 0 Å². The smallest absolute Gasteiger partial charge is 0.160 e. The monoisotopic (exact) mass is 925 g/mol. The average molecular weight is 926 g/mol. The van der Waals surface area contributed by atoms with E-state index in [4.69, 9.17) is 9.97 Å². The molecular formula is C67H51N5. The molecule has 0 fully saturated rings. The lowest BCUT2D eigenvalue weighted by molar-refractivity contribution is 1.15. The maximum atomic E-state index is 5.13. The molecule has 0 saturated carbocycles. The Bertz CT molecular complexity index is 3570. The van der Waals surface area contributed by atoms with Gasteiger partial charge in [0.05, 0.1) is 22.4 Å². The van der Waals surface area contributed by atoms with E-state index in [2.05, 4.69) is 290 Å². The van der Waals surface area contributed by atoms with Gasteiger partial charge in [-0.3, -0.25) is 0 Å². The highest BCUT2D eigenvalue weighted by Crippen LogP contribution is 2.43. The van der Waals surface area contributed by atoms with E-state index in [1.54, 1.807) is 0 Å². The van der Waals surface area contributed by atoms with Crippen LogP contribution in [0.3, 0.4) is 0 Å². The number of anilines is 6. The third-order valence-corrected chi connectivity index (χ3v) is 13.6. The summed E-state index contributed by atoms with van der Waals surface area (Å²) in [7, 11) is 0. The molecule has 0 radical (unpaired) electrons. The lowest BCUT2D eigenvalue weighted by Gasteiger charge is -2.26. The molecule has 10 aromatic carbocycles. The molecular weight excluding hydrogens is 875 g/mol. The van der Waals surface area contributed by atoms with E-state index >= 15 is 0 Å². The Morgan fingerprint density at radius 3 is 1.10 bits per heavy atom. The fraction of sp³-hybridized carbons (Fsp3) is 0.0448. The van der Waals surface area contributed by atoms with Gasteiger partial charge in [-0.2, -0.15) is 0 Å². The summed E-state index contributed by atoms with van der Waals surface area (Å²) in [5.41, 5.74) is 20.8. The SMILES string of the molecule is Cc1ccc(-c2cc(-c3ccc(-c4ccc(-n5c6ccc(N(c7ccccc7)c7ccccc7)cc6c6cc(N(c7ccccc7)c7ccccc7)ccc65)c(C)c4)cc3)nc(-c3ccc(C)cc3)n2)cc1. The Morgan fingerprint density at radius 2 is 0.681 bits per heavy atom. The maximum absolute atomic E-state index is 5.13. The van der Waals surface area contributed by atoms with Crippen molar-refractivity contribution in [2.45, 2.75) is 20.8 Å². The van der Waals surface area contributed by atoms with Crippen molar-refractivity contribution in [3.8, 4) is 50.7 Å². The number of rotatable bonds is 11. The van der Waals surface area contributed by atoms with Gasteiger partial charge in [-0.05, 0) is 141 Å². The number of fused-ring (bicyclic) bond motifs is 3. The largest absolute Gasteiger partial charge is 0.310 e. The van der Waals surface area contributed by atoms with Gasteiger partial charge >= 0.3 is 0 Å². The predicted octanol–water partition coefficient (Wildman–Crippen LogP) is 18.1. The molecule has 0 unspecified atom stereocenters. The molecule has 5 nitrogen and oxygen atoms in total. The van der Waals surface area contributed by atoms with Gasteiger partial charge in [0.1, 0.15) is 0 Å². The Balaban J connectivity index is 0.963. The summed E-state index contributed by atoms with van der Waals surface area (Å²) in [5.74, 6) is 0.713. The minimum Gasteiger partial charge on any atom is -0.310 e. The zero-order chi connectivity index (χ0) is 48.5. The van der Waals surface area contributed by atoms with Gasteiger partial charge in [0, 0.05) is 67.3 Å². The second-order valence-corrected chi connectivity index (χ2v) is 18.5. The average Bonchev–Trinajstić information content (AvgIpc) is 3.75. The van der Waals surface area contributed by atoms with Crippen LogP contribution in [0, 0.1) is 20.8 Å². The molecule has 12 aromatic rings. The number of aryl methyl sites for hydroxylation is 3. The second-order valence-electron chi connectivity index (χ2n) is 18.5. The number of aromatic nitrogens is 3. The Kier molecular flexibility index (Phi) is 11.5. The fourth-order valence-electron chi connectivity index (χ4n) is 9.96. The molecule has 0 aliphatic heterocycles. The van der Waals surface area contributed by atoms with Gasteiger partial charge in [0.15, 0.2) is 5.82 Å².